The summed E-state index contributed by atoms with van der Waals surface area (Å²) in [4.78, 5) is 4.03. The monoisotopic (exact) mass is 250 g/mol. The zero-order valence-electron chi connectivity index (χ0n) is 9.41. The van der Waals surface area contributed by atoms with Crippen molar-refractivity contribution in [2.45, 2.75) is 19.8 Å². The smallest absolute Gasteiger partial charge is 0.183 e. The van der Waals surface area contributed by atoms with Crippen LogP contribution in [0.25, 0.3) is 10.1 Å². The number of rotatable bonds is 1. The summed E-state index contributed by atoms with van der Waals surface area (Å²) < 4.78 is 14.1. The topological polar surface area (TPSA) is 88.7 Å². The minimum Gasteiger partial charge on any atom is -0.389 e. The lowest BCUT2D eigenvalue weighted by Gasteiger charge is -2.08. The normalized spacial score (nSPS) is 11.0. The number of aromatic nitrogens is 1. The van der Waals surface area contributed by atoms with E-state index >= 15 is 0 Å². The zero-order chi connectivity index (χ0) is 12.7. The van der Waals surface area contributed by atoms with Gasteiger partial charge in [-0.1, -0.05) is 13.8 Å². The summed E-state index contributed by atoms with van der Waals surface area (Å²) in [5.74, 6) is -0.698. The highest BCUT2D eigenvalue weighted by Gasteiger charge is 2.21. The lowest BCUT2D eigenvalue weighted by atomic mass is 10.0. The number of halogens is 1. The molecule has 0 saturated carbocycles. The Kier molecular flexibility index (Phi) is 2.63. The first-order valence-electron chi connectivity index (χ1n) is 5.04. The summed E-state index contributed by atoms with van der Waals surface area (Å²) >= 11 is 1.04. The van der Waals surface area contributed by atoms with Crippen LogP contribution >= 0.6 is 11.3 Å². The molecule has 0 radical (unpaired) electrons. The fraction of sp³-hybridized carbons (Fsp3) is 0.273. The standard InChI is InChI=1S/C11H11FN4S/c1-4(2)8-6-5(3-13)11(15)17-9(6)7(12)10(14)16-8/h4H,15H2,1-2H3,(H2,14,16). The van der Waals surface area contributed by atoms with E-state index in [9.17, 15) is 4.39 Å². The average Bonchev–Trinajstić information content (AvgIpc) is 2.60. The number of nitrogen functional groups attached to an aromatic ring is 2. The van der Waals surface area contributed by atoms with Crippen molar-refractivity contribution in [1.29, 1.82) is 5.26 Å². The Morgan fingerprint density at radius 1 is 1.41 bits per heavy atom. The van der Waals surface area contributed by atoms with Gasteiger partial charge in [-0.15, -0.1) is 11.3 Å². The largest absolute Gasteiger partial charge is 0.389 e. The van der Waals surface area contributed by atoms with Crippen molar-refractivity contribution in [3.63, 3.8) is 0 Å². The van der Waals surface area contributed by atoms with E-state index in [0.29, 0.717) is 26.3 Å². The molecule has 0 spiro atoms. The predicted octanol–water partition coefficient (Wildman–Crippen LogP) is 2.59. The van der Waals surface area contributed by atoms with E-state index < -0.39 is 5.82 Å². The Labute approximate surface area is 102 Å². The fourth-order valence-corrected chi connectivity index (χ4v) is 2.70. The number of fused-ring (bicyclic) bond motifs is 1. The van der Waals surface area contributed by atoms with E-state index in [1.54, 1.807) is 0 Å². The molecule has 0 amide bonds. The number of hydrogen-bond donors (Lipinski definition) is 2. The molecule has 2 aromatic heterocycles. The van der Waals surface area contributed by atoms with Gasteiger partial charge in [-0.25, -0.2) is 9.37 Å². The van der Waals surface area contributed by atoms with Crippen LogP contribution in [0.5, 0.6) is 0 Å². The molecule has 0 aliphatic carbocycles. The molecule has 0 saturated heterocycles. The fourth-order valence-electron chi connectivity index (χ4n) is 1.73. The second-order valence-electron chi connectivity index (χ2n) is 4.01. The van der Waals surface area contributed by atoms with Gasteiger partial charge in [0.1, 0.15) is 11.1 Å². The van der Waals surface area contributed by atoms with Crippen LogP contribution in [0.3, 0.4) is 0 Å². The van der Waals surface area contributed by atoms with Gasteiger partial charge in [0.15, 0.2) is 11.6 Å². The first-order valence-corrected chi connectivity index (χ1v) is 5.86. The Bertz CT molecular complexity index is 639. The highest BCUT2D eigenvalue weighted by molar-refractivity contribution is 7.23. The van der Waals surface area contributed by atoms with Crippen molar-refractivity contribution in [2.24, 2.45) is 0 Å². The van der Waals surface area contributed by atoms with E-state index in [-0.39, 0.29) is 11.7 Å². The summed E-state index contributed by atoms with van der Waals surface area (Å²) in [6.07, 6.45) is 0. The molecule has 88 valence electrons. The Morgan fingerprint density at radius 3 is 2.59 bits per heavy atom. The summed E-state index contributed by atoms with van der Waals surface area (Å²) in [5.41, 5.74) is 12.1. The Hall–Kier alpha value is -1.87. The van der Waals surface area contributed by atoms with Crippen LogP contribution in [0.4, 0.5) is 15.2 Å². The summed E-state index contributed by atoms with van der Waals surface area (Å²) in [5, 5.41) is 9.87. The maximum atomic E-state index is 13.8. The predicted molar refractivity (Wildman–Crippen MR) is 67.2 cm³/mol. The number of pyridine rings is 1. The maximum absolute atomic E-state index is 13.8. The molecule has 0 aliphatic heterocycles. The van der Waals surface area contributed by atoms with Crippen LogP contribution in [0.15, 0.2) is 0 Å². The zero-order valence-corrected chi connectivity index (χ0v) is 10.2. The average molecular weight is 250 g/mol. The van der Waals surface area contributed by atoms with Crippen molar-refractivity contribution in [1.82, 2.24) is 4.98 Å². The first-order chi connectivity index (χ1) is 7.97. The van der Waals surface area contributed by atoms with E-state index in [4.69, 9.17) is 16.7 Å². The molecule has 2 heterocycles. The van der Waals surface area contributed by atoms with Gasteiger partial charge in [-0.05, 0) is 5.92 Å². The molecule has 0 unspecified atom stereocenters. The van der Waals surface area contributed by atoms with Crippen LogP contribution in [0, 0.1) is 17.1 Å². The van der Waals surface area contributed by atoms with Gasteiger partial charge in [0.05, 0.1) is 16.0 Å². The number of nitriles is 1. The Balaban J connectivity index is 3.01. The quantitative estimate of drug-likeness (QED) is 0.814. The van der Waals surface area contributed by atoms with Crippen molar-refractivity contribution in [3.8, 4) is 6.07 Å². The van der Waals surface area contributed by atoms with Crippen LogP contribution in [-0.4, -0.2) is 4.98 Å². The van der Waals surface area contributed by atoms with E-state index in [2.05, 4.69) is 4.98 Å². The Morgan fingerprint density at radius 2 is 2.06 bits per heavy atom. The third-order valence-electron chi connectivity index (χ3n) is 2.52. The van der Waals surface area contributed by atoms with Crippen LogP contribution in [-0.2, 0) is 0 Å². The molecule has 2 rings (SSSR count). The molecule has 4 nitrogen and oxygen atoms in total. The molecule has 0 aliphatic rings. The highest BCUT2D eigenvalue weighted by Crippen LogP contribution is 2.39. The third kappa shape index (κ3) is 1.59. The van der Waals surface area contributed by atoms with Crippen LogP contribution < -0.4 is 11.5 Å². The van der Waals surface area contributed by atoms with Crippen molar-refractivity contribution in [3.05, 3.63) is 17.1 Å². The van der Waals surface area contributed by atoms with E-state index in [1.165, 1.54) is 0 Å². The van der Waals surface area contributed by atoms with Gasteiger partial charge in [-0.2, -0.15) is 5.26 Å². The second kappa shape index (κ2) is 3.86. The van der Waals surface area contributed by atoms with Gasteiger partial charge < -0.3 is 11.5 Å². The van der Waals surface area contributed by atoms with Crippen molar-refractivity contribution in [2.75, 3.05) is 11.5 Å². The summed E-state index contributed by atoms with van der Waals surface area (Å²) in [6.45, 7) is 3.82. The summed E-state index contributed by atoms with van der Waals surface area (Å²) in [6, 6.07) is 2.00. The van der Waals surface area contributed by atoms with Crippen molar-refractivity contribution >= 4 is 32.2 Å². The number of nitrogens with two attached hydrogens (primary N) is 2. The van der Waals surface area contributed by atoms with Gasteiger partial charge in [0, 0.05) is 5.39 Å². The molecule has 0 atom stereocenters. The van der Waals surface area contributed by atoms with Gasteiger partial charge >= 0.3 is 0 Å². The second-order valence-corrected chi connectivity index (χ2v) is 5.06. The van der Waals surface area contributed by atoms with E-state index in [0.717, 1.165) is 11.3 Å². The molecule has 6 heteroatoms. The molecule has 0 bridgehead atoms. The minimum absolute atomic E-state index is 0.0431. The number of nitrogens with zero attached hydrogens (tertiary/aromatic N) is 2. The lowest BCUT2D eigenvalue weighted by Crippen LogP contribution is -2.02. The van der Waals surface area contributed by atoms with Gasteiger partial charge in [-0.3, -0.25) is 0 Å². The molecular weight excluding hydrogens is 239 g/mol. The molecular formula is C11H11FN4S. The van der Waals surface area contributed by atoms with E-state index in [1.807, 2.05) is 19.9 Å². The third-order valence-corrected chi connectivity index (χ3v) is 3.53. The summed E-state index contributed by atoms with van der Waals surface area (Å²) in [7, 11) is 0. The maximum Gasteiger partial charge on any atom is 0.183 e. The number of anilines is 2. The lowest BCUT2D eigenvalue weighted by molar-refractivity contribution is 0.638. The minimum atomic E-state index is -0.595. The highest BCUT2D eigenvalue weighted by atomic mass is 32.1. The molecule has 0 aromatic carbocycles. The van der Waals surface area contributed by atoms with Gasteiger partial charge in [0.25, 0.3) is 0 Å². The SMILES string of the molecule is CC(C)c1nc(N)c(F)c2sc(N)c(C#N)c12. The molecule has 0 fully saturated rings. The number of thiophene rings is 1. The molecule has 4 N–H and O–H groups in total. The van der Waals surface area contributed by atoms with Crippen molar-refractivity contribution < 1.29 is 4.39 Å². The van der Waals surface area contributed by atoms with Gasteiger partial charge in [0.2, 0.25) is 0 Å². The van der Waals surface area contributed by atoms with Crippen LogP contribution in [0.1, 0.15) is 31.0 Å². The van der Waals surface area contributed by atoms with Crippen LogP contribution in [0.2, 0.25) is 0 Å². The number of hydrogen-bond acceptors (Lipinski definition) is 5. The molecule has 17 heavy (non-hydrogen) atoms. The molecule has 2 aromatic rings. The first kappa shape index (κ1) is 11.6.